The van der Waals surface area contributed by atoms with Gasteiger partial charge in [-0.3, -0.25) is 14.7 Å². The van der Waals surface area contributed by atoms with Crippen LogP contribution in [0.1, 0.15) is 29.5 Å². The van der Waals surface area contributed by atoms with Gasteiger partial charge in [0.1, 0.15) is 5.82 Å². The van der Waals surface area contributed by atoms with Crippen LogP contribution in [-0.4, -0.2) is 49.6 Å². The minimum Gasteiger partial charge on any atom is -0.369 e. The first-order valence-corrected chi connectivity index (χ1v) is 12.7. The SMILES string of the molecule is O=C(CCCN1CCN(c2ccc(Cc3ccc(F)cc3)cc2)CC1)C1(c2ccccc2)C=CC=N1. The van der Waals surface area contributed by atoms with Gasteiger partial charge in [0.15, 0.2) is 11.3 Å². The minimum absolute atomic E-state index is 0.165. The van der Waals surface area contributed by atoms with Crippen molar-refractivity contribution in [1.82, 2.24) is 4.90 Å². The zero-order valence-corrected chi connectivity index (χ0v) is 20.5. The zero-order chi connectivity index (χ0) is 24.8. The number of carbonyl (C=O) groups is 1. The molecule has 0 radical (unpaired) electrons. The fraction of sp³-hybridized carbons (Fsp3) is 0.290. The van der Waals surface area contributed by atoms with E-state index in [1.807, 2.05) is 54.6 Å². The first-order chi connectivity index (χ1) is 17.6. The Morgan fingerprint density at radius 2 is 1.53 bits per heavy atom. The summed E-state index contributed by atoms with van der Waals surface area (Å²) in [6.45, 7) is 4.87. The number of anilines is 1. The summed E-state index contributed by atoms with van der Waals surface area (Å²) >= 11 is 0. The quantitative estimate of drug-likeness (QED) is 0.409. The van der Waals surface area contributed by atoms with Crippen molar-refractivity contribution >= 4 is 17.7 Å². The second kappa shape index (κ2) is 11.0. The van der Waals surface area contributed by atoms with Gasteiger partial charge >= 0.3 is 0 Å². The summed E-state index contributed by atoms with van der Waals surface area (Å²) in [5.74, 6) is -0.0332. The van der Waals surface area contributed by atoms with Crippen molar-refractivity contribution in [3.8, 4) is 0 Å². The van der Waals surface area contributed by atoms with Crippen LogP contribution in [0.15, 0.2) is 96.0 Å². The number of aliphatic imine (C=N–C) groups is 1. The number of hydrogen-bond donors (Lipinski definition) is 0. The Bertz CT molecular complexity index is 1200. The largest absolute Gasteiger partial charge is 0.369 e. The molecule has 4 nitrogen and oxygen atoms in total. The molecule has 36 heavy (non-hydrogen) atoms. The monoisotopic (exact) mass is 481 g/mol. The van der Waals surface area contributed by atoms with Crippen LogP contribution in [0.25, 0.3) is 0 Å². The number of carbonyl (C=O) groups excluding carboxylic acids is 1. The average molecular weight is 482 g/mol. The number of rotatable bonds is 9. The highest BCUT2D eigenvalue weighted by Crippen LogP contribution is 2.32. The zero-order valence-electron chi connectivity index (χ0n) is 20.5. The van der Waals surface area contributed by atoms with Crippen LogP contribution < -0.4 is 4.90 Å². The molecule has 0 amide bonds. The molecule has 5 rings (SSSR count). The Hall–Kier alpha value is -3.57. The first kappa shape index (κ1) is 24.1. The van der Waals surface area contributed by atoms with Crippen LogP contribution >= 0.6 is 0 Å². The normalized spacial score (nSPS) is 19.6. The summed E-state index contributed by atoms with van der Waals surface area (Å²) in [6, 6.07) is 25.3. The van der Waals surface area contributed by atoms with Crippen LogP contribution in [0.4, 0.5) is 10.1 Å². The molecule has 2 aliphatic rings. The van der Waals surface area contributed by atoms with E-state index in [-0.39, 0.29) is 11.6 Å². The van der Waals surface area contributed by atoms with E-state index in [0.717, 1.165) is 56.7 Å². The molecule has 5 heteroatoms. The summed E-state index contributed by atoms with van der Waals surface area (Å²) in [7, 11) is 0. The Balaban J connectivity index is 1.08. The standard InChI is InChI=1S/C31H32FN3O/c32-28-13-9-25(10-14-28)24-26-11-15-29(16-12-26)35-22-20-34(21-23-35)19-4-8-30(36)31(17-5-18-33-31)27-6-2-1-3-7-27/h1-3,5-7,9-18H,4,8,19-24H2. The second-order valence-electron chi connectivity index (χ2n) is 9.59. The third-order valence-electron chi connectivity index (χ3n) is 7.21. The number of ketones is 1. The van der Waals surface area contributed by atoms with Gasteiger partial charge in [-0.15, -0.1) is 0 Å². The molecule has 3 aromatic rings. The molecular formula is C31H32FN3O. The molecule has 1 unspecified atom stereocenters. The Labute approximate surface area is 212 Å². The van der Waals surface area contributed by atoms with E-state index in [1.54, 1.807) is 6.21 Å². The Morgan fingerprint density at radius 1 is 0.861 bits per heavy atom. The summed E-state index contributed by atoms with van der Waals surface area (Å²) in [5, 5.41) is 0. The average Bonchev–Trinajstić information content (AvgIpc) is 3.43. The molecule has 1 fully saturated rings. The Kier molecular flexibility index (Phi) is 7.38. The van der Waals surface area contributed by atoms with E-state index in [9.17, 15) is 9.18 Å². The highest BCUT2D eigenvalue weighted by atomic mass is 19.1. The van der Waals surface area contributed by atoms with Gasteiger partial charge in [-0.05, 0) is 72.5 Å². The number of piperazine rings is 1. The molecule has 2 heterocycles. The smallest absolute Gasteiger partial charge is 0.168 e. The molecular weight excluding hydrogens is 449 g/mol. The molecule has 1 atom stereocenters. The lowest BCUT2D eigenvalue weighted by Gasteiger charge is -2.36. The van der Waals surface area contributed by atoms with Gasteiger partial charge in [-0.2, -0.15) is 0 Å². The Morgan fingerprint density at radius 3 is 2.17 bits per heavy atom. The van der Waals surface area contributed by atoms with E-state index in [4.69, 9.17) is 0 Å². The number of Topliss-reactive ketones (excluding diaryl/α,β-unsaturated/α-hetero) is 1. The van der Waals surface area contributed by atoms with Crippen molar-refractivity contribution in [1.29, 1.82) is 0 Å². The minimum atomic E-state index is -0.844. The summed E-state index contributed by atoms with van der Waals surface area (Å²) in [4.78, 5) is 22.6. The van der Waals surface area contributed by atoms with Crippen LogP contribution in [0, 0.1) is 5.82 Å². The van der Waals surface area contributed by atoms with Crippen molar-refractivity contribution in [2.24, 2.45) is 4.99 Å². The van der Waals surface area contributed by atoms with Crippen LogP contribution in [-0.2, 0) is 16.8 Å². The maximum absolute atomic E-state index is 13.2. The lowest BCUT2D eigenvalue weighted by atomic mass is 9.85. The van der Waals surface area contributed by atoms with Gasteiger partial charge < -0.3 is 4.90 Å². The summed E-state index contributed by atoms with van der Waals surface area (Å²) in [5.41, 5.74) is 3.67. The maximum Gasteiger partial charge on any atom is 0.168 e. The molecule has 0 aromatic heterocycles. The van der Waals surface area contributed by atoms with Crippen LogP contribution in [0.2, 0.25) is 0 Å². The number of hydrogen-bond acceptors (Lipinski definition) is 4. The second-order valence-corrected chi connectivity index (χ2v) is 9.59. The summed E-state index contributed by atoms with van der Waals surface area (Å²) < 4.78 is 13.1. The third-order valence-corrected chi connectivity index (χ3v) is 7.21. The molecule has 0 spiro atoms. The predicted octanol–water partition coefficient (Wildman–Crippen LogP) is 5.42. The van der Waals surface area contributed by atoms with Gasteiger partial charge in [0.05, 0.1) is 0 Å². The molecule has 1 saturated heterocycles. The van der Waals surface area contributed by atoms with Crippen molar-refractivity contribution < 1.29 is 9.18 Å². The molecule has 2 aliphatic heterocycles. The summed E-state index contributed by atoms with van der Waals surface area (Å²) in [6.07, 6.45) is 7.70. The lowest BCUT2D eigenvalue weighted by Crippen LogP contribution is -2.46. The fourth-order valence-corrected chi connectivity index (χ4v) is 5.12. The van der Waals surface area contributed by atoms with Gasteiger partial charge in [0, 0.05) is 44.5 Å². The predicted molar refractivity (Wildman–Crippen MR) is 144 cm³/mol. The van der Waals surface area contributed by atoms with E-state index >= 15 is 0 Å². The lowest BCUT2D eigenvalue weighted by molar-refractivity contribution is -0.122. The topological polar surface area (TPSA) is 35.9 Å². The van der Waals surface area contributed by atoms with Crippen LogP contribution in [0.5, 0.6) is 0 Å². The van der Waals surface area contributed by atoms with E-state index in [1.165, 1.54) is 23.4 Å². The van der Waals surface area contributed by atoms with Crippen molar-refractivity contribution in [2.75, 3.05) is 37.6 Å². The molecule has 0 N–H and O–H groups in total. The fourth-order valence-electron chi connectivity index (χ4n) is 5.12. The van der Waals surface area contributed by atoms with Crippen molar-refractivity contribution in [3.63, 3.8) is 0 Å². The van der Waals surface area contributed by atoms with Gasteiger partial charge in [0.2, 0.25) is 0 Å². The number of allylic oxidation sites excluding steroid dienone is 1. The highest BCUT2D eigenvalue weighted by Gasteiger charge is 2.37. The highest BCUT2D eigenvalue weighted by molar-refractivity contribution is 5.96. The molecule has 184 valence electrons. The molecule has 0 aliphatic carbocycles. The van der Waals surface area contributed by atoms with Gasteiger partial charge in [-0.25, -0.2) is 4.39 Å². The van der Waals surface area contributed by atoms with E-state index in [0.29, 0.717) is 6.42 Å². The van der Waals surface area contributed by atoms with Crippen molar-refractivity contribution in [2.45, 2.75) is 24.8 Å². The van der Waals surface area contributed by atoms with E-state index < -0.39 is 5.54 Å². The van der Waals surface area contributed by atoms with Crippen LogP contribution in [0.3, 0.4) is 0 Å². The third kappa shape index (κ3) is 5.47. The maximum atomic E-state index is 13.2. The van der Waals surface area contributed by atoms with Gasteiger partial charge in [-0.1, -0.05) is 54.6 Å². The van der Waals surface area contributed by atoms with Crippen molar-refractivity contribution in [3.05, 3.63) is 114 Å². The number of nitrogens with zero attached hydrogens (tertiary/aromatic N) is 3. The number of benzene rings is 3. The number of halogens is 1. The molecule has 0 bridgehead atoms. The van der Waals surface area contributed by atoms with E-state index in [2.05, 4.69) is 39.1 Å². The molecule has 0 saturated carbocycles. The van der Waals surface area contributed by atoms with Gasteiger partial charge in [0.25, 0.3) is 0 Å². The first-order valence-electron chi connectivity index (χ1n) is 12.7. The molecule has 3 aromatic carbocycles.